The summed E-state index contributed by atoms with van der Waals surface area (Å²) in [7, 11) is 0. The van der Waals surface area contributed by atoms with E-state index in [4.69, 9.17) is 0 Å². The molecule has 2 aromatic carbocycles. The van der Waals surface area contributed by atoms with Gasteiger partial charge in [-0.05, 0) is 36.8 Å². The molecule has 0 aromatic heterocycles. The van der Waals surface area contributed by atoms with Gasteiger partial charge in [0.15, 0.2) is 0 Å². The summed E-state index contributed by atoms with van der Waals surface area (Å²) in [5, 5.41) is 5.13. The van der Waals surface area contributed by atoms with E-state index in [1.54, 1.807) is 24.3 Å². The lowest BCUT2D eigenvalue weighted by Gasteiger charge is -2.07. The molecule has 0 aliphatic rings. The fraction of sp³-hybridized carbons (Fsp3) is 0.125. The predicted molar refractivity (Wildman–Crippen MR) is 85.8 cm³/mol. The fourth-order valence-electron chi connectivity index (χ4n) is 1.69. The van der Waals surface area contributed by atoms with Crippen LogP contribution in [-0.2, 0) is 16.1 Å². The van der Waals surface area contributed by atoms with Crippen molar-refractivity contribution in [3.05, 3.63) is 64.1 Å². The van der Waals surface area contributed by atoms with Crippen LogP contribution < -0.4 is 10.6 Å². The largest absolute Gasteiger partial charge is 0.344 e. The molecule has 0 radical (unpaired) electrons. The molecule has 2 aromatic rings. The van der Waals surface area contributed by atoms with Crippen molar-refractivity contribution in [3.63, 3.8) is 0 Å². The van der Waals surface area contributed by atoms with Gasteiger partial charge in [0.2, 0.25) is 0 Å². The monoisotopic (exact) mass is 346 g/mol. The number of nitrogens with one attached hydrogen (secondary N) is 2. The maximum absolute atomic E-state index is 11.7. The lowest BCUT2D eigenvalue weighted by molar-refractivity contribution is -0.136. The molecule has 4 nitrogen and oxygen atoms in total. The van der Waals surface area contributed by atoms with Gasteiger partial charge in [-0.25, -0.2) is 0 Å². The van der Waals surface area contributed by atoms with Crippen LogP contribution in [0.3, 0.4) is 0 Å². The van der Waals surface area contributed by atoms with Gasteiger partial charge in [0.05, 0.1) is 0 Å². The second-order valence-electron chi connectivity index (χ2n) is 4.63. The summed E-state index contributed by atoms with van der Waals surface area (Å²) in [5.74, 6) is -1.33. The highest BCUT2D eigenvalue weighted by molar-refractivity contribution is 9.10. The zero-order valence-electron chi connectivity index (χ0n) is 11.5. The number of hydrogen-bond donors (Lipinski definition) is 2. The number of halogens is 1. The fourth-order valence-corrected chi connectivity index (χ4v) is 1.95. The van der Waals surface area contributed by atoms with E-state index in [1.165, 1.54) is 0 Å². The topological polar surface area (TPSA) is 58.2 Å². The SMILES string of the molecule is Cc1ccc(CNC(=O)C(=O)Nc2ccc(Br)cc2)cc1. The molecule has 0 aliphatic carbocycles. The first-order chi connectivity index (χ1) is 10.0. The van der Waals surface area contributed by atoms with Gasteiger partial charge in [0, 0.05) is 16.7 Å². The number of rotatable bonds is 3. The molecule has 108 valence electrons. The minimum absolute atomic E-state index is 0.326. The second-order valence-corrected chi connectivity index (χ2v) is 5.54. The molecule has 0 unspecified atom stereocenters. The second kappa shape index (κ2) is 7.04. The van der Waals surface area contributed by atoms with E-state index in [0.717, 1.165) is 15.6 Å². The molecule has 21 heavy (non-hydrogen) atoms. The molecule has 0 bridgehead atoms. The molecular formula is C16H15BrN2O2. The van der Waals surface area contributed by atoms with Gasteiger partial charge >= 0.3 is 11.8 Å². The van der Waals surface area contributed by atoms with Crippen LogP contribution in [0.25, 0.3) is 0 Å². The minimum Gasteiger partial charge on any atom is -0.344 e. The highest BCUT2D eigenvalue weighted by atomic mass is 79.9. The third-order valence-electron chi connectivity index (χ3n) is 2.88. The Morgan fingerprint density at radius 1 is 0.952 bits per heavy atom. The third kappa shape index (κ3) is 4.72. The maximum Gasteiger partial charge on any atom is 0.313 e. The van der Waals surface area contributed by atoms with E-state index in [0.29, 0.717) is 12.2 Å². The van der Waals surface area contributed by atoms with Gasteiger partial charge in [-0.15, -0.1) is 0 Å². The predicted octanol–water partition coefficient (Wildman–Crippen LogP) is 3.01. The summed E-state index contributed by atoms with van der Waals surface area (Å²) < 4.78 is 0.907. The average Bonchev–Trinajstić information content (AvgIpc) is 2.48. The first-order valence-electron chi connectivity index (χ1n) is 6.45. The molecule has 2 amide bonds. The number of carbonyl (C=O) groups excluding carboxylic acids is 2. The van der Waals surface area contributed by atoms with Crippen LogP contribution in [-0.4, -0.2) is 11.8 Å². The highest BCUT2D eigenvalue weighted by Gasteiger charge is 2.13. The van der Waals surface area contributed by atoms with Crippen LogP contribution in [0.5, 0.6) is 0 Å². The lowest BCUT2D eigenvalue weighted by Crippen LogP contribution is -2.34. The van der Waals surface area contributed by atoms with Gasteiger partial charge in [-0.2, -0.15) is 0 Å². The van der Waals surface area contributed by atoms with Crippen LogP contribution in [0.2, 0.25) is 0 Å². The van der Waals surface area contributed by atoms with E-state index < -0.39 is 11.8 Å². The van der Waals surface area contributed by atoms with E-state index in [-0.39, 0.29) is 0 Å². The Kier molecular flexibility index (Phi) is 5.11. The van der Waals surface area contributed by atoms with Crippen molar-refractivity contribution < 1.29 is 9.59 Å². The van der Waals surface area contributed by atoms with E-state index in [1.807, 2.05) is 31.2 Å². The van der Waals surface area contributed by atoms with Crippen LogP contribution in [0, 0.1) is 6.92 Å². The number of anilines is 1. The van der Waals surface area contributed by atoms with Gasteiger partial charge in [-0.1, -0.05) is 45.8 Å². The number of aryl methyl sites for hydroxylation is 1. The molecule has 0 atom stereocenters. The van der Waals surface area contributed by atoms with E-state index in [2.05, 4.69) is 26.6 Å². The Morgan fingerprint density at radius 2 is 1.57 bits per heavy atom. The molecular weight excluding hydrogens is 332 g/mol. The van der Waals surface area contributed by atoms with Crippen molar-refractivity contribution in [1.82, 2.24) is 5.32 Å². The summed E-state index contributed by atoms with van der Waals surface area (Å²) in [6.45, 7) is 2.32. The van der Waals surface area contributed by atoms with Gasteiger partial charge < -0.3 is 10.6 Å². The third-order valence-corrected chi connectivity index (χ3v) is 3.41. The molecule has 0 spiro atoms. The summed E-state index contributed by atoms with van der Waals surface area (Å²) in [4.78, 5) is 23.5. The lowest BCUT2D eigenvalue weighted by atomic mass is 10.1. The van der Waals surface area contributed by atoms with Crippen molar-refractivity contribution in [3.8, 4) is 0 Å². The highest BCUT2D eigenvalue weighted by Crippen LogP contribution is 2.13. The number of benzene rings is 2. The molecule has 0 fully saturated rings. The van der Waals surface area contributed by atoms with Crippen molar-refractivity contribution in [2.45, 2.75) is 13.5 Å². The van der Waals surface area contributed by atoms with E-state index in [9.17, 15) is 9.59 Å². The van der Waals surface area contributed by atoms with Crippen molar-refractivity contribution in [1.29, 1.82) is 0 Å². The number of hydrogen-bond acceptors (Lipinski definition) is 2. The van der Waals surface area contributed by atoms with Crippen LogP contribution in [0.1, 0.15) is 11.1 Å². The minimum atomic E-state index is -0.676. The maximum atomic E-state index is 11.7. The molecule has 2 rings (SSSR count). The summed E-state index contributed by atoms with van der Waals surface area (Å²) in [6.07, 6.45) is 0. The average molecular weight is 347 g/mol. The van der Waals surface area contributed by atoms with Crippen molar-refractivity contribution in [2.24, 2.45) is 0 Å². The first-order valence-corrected chi connectivity index (χ1v) is 7.24. The normalized spacial score (nSPS) is 10.0. The van der Waals surface area contributed by atoms with Crippen LogP contribution in [0.4, 0.5) is 5.69 Å². The molecule has 2 N–H and O–H groups in total. The van der Waals surface area contributed by atoms with Crippen molar-refractivity contribution in [2.75, 3.05) is 5.32 Å². The van der Waals surface area contributed by atoms with Crippen LogP contribution in [0.15, 0.2) is 53.0 Å². The molecule has 0 aliphatic heterocycles. The van der Waals surface area contributed by atoms with Gasteiger partial charge in [0.1, 0.15) is 0 Å². The zero-order chi connectivity index (χ0) is 15.2. The van der Waals surface area contributed by atoms with Gasteiger partial charge in [0.25, 0.3) is 0 Å². The molecule has 5 heteroatoms. The summed E-state index contributed by atoms with van der Waals surface area (Å²) in [6, 6.07) is 14.8. The quantitative estimate of drug-likeness (QED) is 0.839. The summed E-state index contributed by atoms with van der Waals surface area (Å²) >= 11 is 3.30. The standard InChI is InChI=1S/C16H15BrN2O2/c1-11-2-4-12(5-3-11)10-18-15(20)16(21)19-14-8-6-13(17)7-9-14/h2-9H,10H2,1H3,(H,18,20)(H,19,21). The zero-order valence-corrected chi connectivity index (χ0v) is 13.1. The summed E-state index contributed by atoms with van der Waals surface area (Å²) in [5.41, 5.74) is 2.68. The van der Waals surface area contributed by atoms with E-state index >= 15 is 0 Å². The Hall–Kier alpha value is -2.14. The first kappa shape index (κ1) is 15.3. The Morgan fingerprint density at radius 3 is 2.19 bits per heavy atom. The number of carbonyl (C=O) groups is 2. The Labute approximate surface area is 131 Å². The Bertz CT molecular complexity index is 636. The molecule has 0 saturated heterocycles. The molecule has 0 saturated carbocycles. The Balaban J connectivity index is 1.86. The smallest absolute Gasteiger partial charge is 0.313 e. The molecule has 0 heterocycles. The van der Waals surface area contributed by atoms with Crippen LogP contribution >= 0.6 is 15.9 Å². The number of amides is 2. The van der Waals surface area contributed by atoms with Gasteiger partial charge in [-0.3, -0.25) is 9.59 Å². The van der Waals surface area contributed by atoms with Crippen molar-refractivity contribution >= 4 is 33.4 Å².